The zero-order valence-electron chi connectivity index (χ0n) is 31.7. The Kier molecular flexibility index (Phi) is 12.3. The fraction of sp³-hybridized carbons (Fsp3) is 0.500. The zero-order chi connectivity index (χ0) is 39.5. The number of likely N-dealkylation sites (tertiary alicyclic amines) is 2. The number of rotatable bonds is 10. The Morgan fingerprint density at radius 1 is 0.855 bits per heavy atom. The molecule has 3 aromatic rings. The second kappa shape index (κ2) is 16.8. The molecule has 2 amide bonds. The van der Waals surface area contributed by atoms with Crippen LogP contribution >= 0.6 is 0 Å². The van der Waals surface area contributed by atoms with Crippen molar-refractivity contribution in [3.63, 3.8) is 0 Å². The van der Waals surface area contributed by atoms with E-state index in [1.54, 1.807) is 0 Å². The van der Waals surface area contributed by atoms with Crippen LogP contribution in [0.4, 0.5) is 13.2 Å². The number of nitrogens with zero attached hydrogens (tertiary/aromatic N) is 2. The topological polar surface area (TPSA) is 118 Å². The second-order valence-corrected chi connectivity index (χ2v) is 15.7. The molecule has 3 saturated heterocycles. The monoisotopic (exact) mass is 765 g/mol. The van der Waals surface area contributed by atoms with Crippen LogP contribution < -0.4 is 5.32 Å². The minimum atomic E-state index is -5.04. The lowest BCUT2D eigenvalue weighted by molar-refractivity contribution is -0.276. The molecule has 13 heteroatoms. The summed E-state index contributed by atoms with van der Waals surface area (Å²) >= 11 is 0. The first-order valence-corrected chi connectivity index (χ1v) is 18.9. The van der Waals surface area contributed by atoms with E-state index in [4.69, 9.17) is 14.2 Å². The number of halogens is 3. The minimum Gasteiger partial charge on any atom is -0.459 e. The molecule has 0 bridgehead atoms. The van der Waals surface area contributed by atoms with Crippen LogP contribution in [0.2, 0.25) is 0 Å². The summed E-state index contributed by atoms with van der Waals surface area (Å²) in [7, 11) is 0. The number of alkyl halides is 3. The third-order valence-corrected chi connectivity index (χ3v) is 10.5. The molecular formula is C42H50F3N3O7. The number of aliphatic hydroxyl groups is 1. The first kappa shape index (κ1) is 40.4. The number of nitrogens with one attached hydrogen (secondary N) is 1. The maximum atomic E-state index is 13.2. The fourth-order valence-electron chi connectivity index (χ4n) is 7.72. The van der Waals surface area contributed by atoms with Crippen LogP contribution in [-0.4, -0.2) is 82.3 Å². The zero-order valence-corrected chi connectivity index (χ0v) is 31.7. The molecule has 0 aliphatic carbocycles. The van der Waals surface area contributed by atoms with Crippen LogP contribution in [0.5, 0.6) is 0 Å². The van der Waals surface area contributed by atoms with Crippen LogP contribution in [0.15, 0.2) is 72.8 Å². The Hall–Kier alpha value is -4.30. The van der Waals surface area contributed by atoms with Crippen LogP contribution in [0.25, 0.3) is 11.1 Å². The maximum Gasteiger partial charge on any atom is 0.471 e. The molecule has 0 aromatic heterocycles. The summed E-state index contributed by atoms with van der Waals surface area (Å²) in [6, 6.07) is 21.4. The molecular weight excluding hydrogens is 715 g/mol. The predicted octanol–water partition coefficient (Wildman–Crippen LogP) is 6.61. The number of hydrogen-bond donors (Lipinski definition) is 2. The number of aliphatic hydroxyl groups excluding tert-OH is 1. The standard InChI is InChI=1S/C42H50F3N3O7/c1-26-35(24-47-19-7-14-34(47)38(51)55-41(2,3)4)53-39(54-36(26)29-17-15-27(25-49)16-18-29)32-12-6-11-31(22-32)30-10-5-9-28(21-30)23-46-37(50)33-13-8-20-48(33)40(52)42(43,44)45/h5-6,9-12,15-18,21-22,26,33-36,39,49H,7-8,13-14,19-20,23-25H2,1-4H3,(H,46,50)/t26-,33-,34-,35+,36+,39+/m0/s1. The molecule has 3 heterocycles. The second-order valence-electron chi connectivity index (χ2n) is 15.7. The molecule has 3 aliphatic rings. The van der Waals surface area contributed by atoms with E-state index < -0.39 is 35.9 Å². The Bertz CT molecular complexity index is 1830. The molecule has 55 heavy (non-hydrogen) atoms. The van der Waals surface area contributed by atoms with E-state index in [1.165, 1.54) is 0 Å². The molecule has 2 N–H and O–H groups in total. The van der Waals surface area contributed by atoms with Crippen LogP contribution in [-0.2, 0) is 41.7 Å². The largest absolute Gasteiger partial charge is 0.471 e. The Morgan fingerprint density at radius 2 is 1.53 bits per heavy atom. The van der Waals surface area contributed by atoms with Crippen molar-refractivity contribution < 1.29 is 46.9 Å². The number of amides is 2. The van der Waals surface area contributed by atoms with Crippen molar-refractivity contribution in [1.82, 2.24) is 15.1 Å². The summed E-state index contributed by atoms with van der Waals surface area (Å²) in [5.41, 5.74) is 4.37. The third kappa shape index (κ3) is 9.75. The van der Waals surface area contributed by atoms with Crippen molar-refractivity contribution >= 4 is 17.8 Å². The summed E-state index contributed by atoms with van der Waals surface area (Å²) in [4.78, 5) is 40.8. The molecule has 6 rings (SSSR count). The average Bonchev–Trinajstić information content (AvgIpc) is 3.84. The average molecular weight is 766 g/mol. The number of esters is 1. The van der Waals surface area contributed by atoms with Gasteiger partial charge in [-0.15, -0.1) is 0 Å². The van der Waals surface area contributed by atoms with E-state index in [-0.39, 0.29) is 56.3 Å². The highest BCUT2D eigenvalue weighted by Gasteiger charge is 2.48. The van der Waals surface area contributed by atoms with Gasteiger partial charge < -0.3 is 29.5 Å². The molecule has 10 nitrogen and oxygen atoms in total. The highest BCUT2D eigenvalue weighted by Crippen LogP contribution is 2.43. The molecule has 0 unspecified atom stereocenters. The van der Waals surface area contributed by atoms with Gasteiger partial charge in [-0.3, -0.25) is 19.3 Å². The van der Waals surface area contributed by atoms with Gasteiger partial charge in [0.15, 0.2) is 6.29 Å². The number of carbonyl (C=O) groups excluding carboxylic acids is 3. The molecule has 3 aromatic carbocycles. The van der Waals surface area contributed by atoms with E-state index >= 15 is 0 Å². The highest BCUT2D eigenvalue weighted by molar-refractivity contribution is 5.90. The minimum absolute atomic E-state index is 0.0703. The van der Waals surface area contributed by atoms with Gasteiger partial charge in [0.05, 0.1) is 18.8 Å². The predicted molar refractivity (Wildman–Crippen MR) is 198 cm³/mol. The first-order valence-electron chi connectivity index (χ1n) is 18.9. The van der Waals surface area contributed by atoms with Crippen molar-refractivity contribution in [3.8, 4) is 11.1 Å². The smallest absolute Gasteiger partial charge is 0.459 e. The fourth-order valence-corrected chi connectivity index (χ4v) is 7.72. The van der Waals surface area contributed by atoms with Crippen LogP contribution in [0.3, 0.4) is 0 Å². The summed E-state index contributed by atoms with van der Waals surface area (Å²) in [5, 5.41) is 12.4. The lowest BCUT2D eigenvalue weighted by Crippen LogP contribution is -2.50. The lowest BCUT2D eigenvalue weighted by atomic mass is 9.89. The van der Waals surface area contributed by atoms with E-state index in [0.717, 1.165) is 46.3 Å². The van der Waals surface area contributed by atoms with Gasteiger partial charge in [-0.25, -0.2) is 0 Å². The molecule has 0 spiro atoms. The quantitative estimate of drug-likeness (QED) is 0.222. The molecule has 0 radical (unpaired) electrons. The van der Waals surface area contributed by atoms with Crippen molar-refractivity contribution in [1.29, 1.82) is 0 Å². The molecule has 0 saturated carbocycles. The Labute approximate surface area is 319 Å². The van der Waals surface area contributed by atoms with Gasteiger partial charge in [-0.1, -0.05) is 67.6 Å². The number of hydrogen-bond acceptors (Lipinski definition) is 8. The van der Waals surface area contributed by atoms with E-state index in [0.29, 0.717) is 24.3 Å². The number of carbonyl (C=O) groups is 3. The summed E-state index contributed by atoms with van der Waals surface area (Å²) in [6.07, 6.45) is -4.36. The third-order valence-electron chi connectivity index (χ3n) is 10.5. The maximum absolute atomic E-state index is 13.2. The van der Waals surface area contributed by atoms with E-state index in [1.807, 2.05) is 93.6 Å². The van der Waals surface area contributed by atoms with Gasteiger partial charge in [-0.2, -0.15) is 13.2 Å². The number of benzene rings is 3. The van der Waals surface area contributed by atoms with Gasteiger partial charge in [0.1, 0.15) is 17.7 Å². The Balaban J connectivity index is 1.20. The van der Waals surface area contributed by atoms with Crippen LogP contribution in [0, 0.1) is 5.92 Å². The lowest BCUT2D eigenvalue weighted by Gasteiger charge is -2.43. The summed E-state index contributed by atoms with van der Waals surface area (Å²) in [6.45, 7) is 8.83. The van der Waals surface area contributed by atoms with Crippen LogP contribution in [0.1, 0.15) is 88.0 Å². The van der Waals surface area contributed by atoms with E-state index in [2.05, 4.69) is 17.1 Å². The van der Waals surface area contributed by atoms with Crippen molar-refractivity contribution in [2.24, 2.45) is 5.92 Å². The normalized spacial score (nSPS) is 24.8. The molecule has 6 atom stereocenters. The molecule has 3 fully saturated rings. The molecule has 296 valence electrons. The van der Waals surface area contributed by atoms with Crippen molar-refractivity contribution in [2.45, 2.75) is 109 Å². The highest BCUT2D eigenvalue weighted by atomic mass is 19.4. The van der Waals surface area contributed by atoms with E-state index in [9.17, 15) is 32.7 Å². The van der Waals surface area contributed by atoms with Gasteiger partial charge in [0, 0.05) is 31.1 Å². The first-order chi connectivity index (χ1) is 26.1. The van der Waals surface area contributed by atoms with Gasteiger partial charge >= 0.3 is 18.1 Å². The summed E-state index contributed by atoms with van der Waals surface area (Å²) in [5.74, 6) is -2.94. The molecule has 3 aliphatic heterocycles. The number of ether oxygens (including phenoxy) is 3. The van der Waals surface area contributed by atoms with Gasteiger partial charge in [0.2, 0.25) is 5.91 Å². The van der Waals surface area contributed by atoms with Gasteiger partial charge in [-0.05, 0) is 92.9 Å². The van der Waals surface area contributed by atoms with Gasteiger partial charge in [0.25, 0.3) is 0 Å². The van der Waals surface area contributed by atoms with Crippen molar-refractivity contribution in [2.75, 3.05) is 19.6 Å². The van der Waals surface area contributed by atoms with Crippen molar-refractivity contribution in [3.05, 3.63) is 95.1 Å². The Morgan fingerprint density at radius 3 is 2.22 bits per heavy atom. The SMILES string of the molecule is C[C@H]1[C@@H](CN2CCC[C@H]2C(=O)OC(C)(C)C)O[C@@H](c2cccc(-c3cccc(CNC(=O)[C@@H]4CCCN4C(=O)C(F)(F)F)c3)c2)O[C@H]1c1ccc(CO)cc1. The summed E-state index contributed by atoms with van der Waals surface area (Å²) < 4.78 is 58.5.